The van der Waals surface area contributed by atoms with Crippen LogP contribution in [0, 0.1) is 5.41 Å². The highest BCUT2D eigenvalue weighted by molar-refractivity contribution is 5.93. The van der Waals surface area contributed by atoms with Crippen LogP contribution in [0.2, 0.25) is 0 Å². The lowest BCUT2D eigenvalue weighted by Crippen LogP contribution is -2.57. The first-order valence-corrected chi connectivity index (χ1v) is 5.63. The van der Waals surface area contributed by atoms with E-state index in [1.807, 2.05) is 0 Å². The molecule has 0 aromatic carbocycles. The van der Waals surface area contributed by atoms with E-state index in [1.165, 1.54) is 4.68 Å². The molecule has 18 heavy (non-hydrogen) atoms. The van der Waals surface area contributed by atoms with E-state index in [4.69, 9.17) is 0 Å². The lowest BCUT2D eigenvalue weighted by Gasteiger charge is -2.38. The van der Waals surface area contributed by atoms with Crippen LogP contribution in [-0.2, 0) is 11.8 Å². The van der Waals surface area contributed by atoms with E-state index in [0.717, 1.165) is 0 Å². The highest BCUT2D eigenvalue weighted by Gasteiger charge is 2.44. The standard InChI is InChI=1S/C12H19N3O3/c1-11(2,10(17)18)12(3,4)13-9(16)8-6-7-15(5)14-8/h6-7H,1-5H3,(H,13,16)(H,17,18). The van der Waals surface area contributed by atoms with Crippen molar-refractivity contribution in [3.63, 3.8) is 0 Å². The van der Waals surface area contributed by atoms with Gasteiger partial charge in [0.05, 0.1) is 11.0 Å². The molecule has 0 bridgehead atoms. The van der Waals surface area contributed by atoms with Crippen LogP contribution < -0.4 is 5.32 Å². The van der Waals surface area contributed by atoms with Crippen molar-refractivity contribution in [3.05, 3.63) is 18.0 Å². The van der Waals surface area contributed by atoms with Crippen LogP contribution >= 0.6 is 0 Å². The summed E-state index contributed by atoms with van der Waals surface area (Å²) in [6.07, 6.45) is 1.66. The highest BCUT2D eigenvalue weighted by Crippen LogP contribution is 2.30. The van der Waals surface area contributed by atoms with Crippen LogP contribution in [-0.4, -0.2) is 32.3 Å². The van der Waals surface area contributed by atoms with Gasteiger partial charge >= 0.3 is 5.97 Å². The van der Waals surface area contributed by atoms with Crippen molar-refractivity contribution in [2.45, 2.75) is 33.2 Å². The summed E-state index contributed by atoms with van der Waals surface area (Å²) in [6.45, 7) is 6.52. The van der Waals surface area contributed by atoms with Gasteiger partial charge in [-0.1, -0.05) is 0 Å². The molecule has 0 aliphatic heterocycles. The molecule has 0 fully saturated rings. The topological polar surface area (TPSA) is 84.2 Å². The summed E-state index contributed by atoms with van der Waals surface area (Å²) in [5.74, 6) is -1.34. The van der Waals surface area contributed by atoms with Crippen LogP contribution in [0.15, 0.2) is 12.3 Å². The third-order valence-electron chi connectivity index (χ3n) is 3.47. The molecule has 6 heteroatoms. The van der Waals surface area contributed by atoms with Crippen molar-refractivity contribution in [2.75, 3.05) is 0 Å². The summed E-state index contributed by atoms with van der Waals surface area (Å²) in [5.41, 5.74) is -1.71. The Morgan fingerprint density at radius 1 is 1.33 bits per heavy atom. The molecule has 0 saturated carbocycles. The number of hydrogen-bond donors (Lipinski definition) is 2. The number of rotatable bonds is 4. The average Bonchev–Trinajstić information content (AvgIpc) is 2.63. The largest absolute Gasteiger partial charge is 0.481 e. The summed E-state index contributed by atoms with van der Waals surface area (Å²) in [6, 6.07) is 1.58. The predicted molar refractivity (Wildman–Crippen MR) is 66.2 cm³/mol. The van der Waals surface area contributed by atoms with E-state index in [1.54, 1.807) is 47.0 Å². The second-order valence-corrected chi connectivity index (χ2v) is 5.38. The van der Waals surface area contributed by atoms with Crippen LogP contribution in [0.3, 0.4) is 0 Å². The Morgan fingerprint density at radius 3 is 2.28 bits per heavy atom. The van der Waals surface area contributed by atoms with Gasteiger partial charge in [-0.3, -0.25) is 14.3 Å². The van der Waals surface area contributed by atoms with Crippen molar-refractivity contribution in [2.24, 2.45) is 12.5 Å². The summed E-state index contributed by atoms with van der Waals surface area (Å²) >= 11 is 0. The third-order valence-corrected chi connectivity index (χ3v) is 3.47. The molecule has 1 aromatic rings. The van der Waals surface area contributed by atoms with Gasteiger partial charge in [0.1, 0.15) is 5.69 Å². The second kappa shape index (κ2) is 4.44. The van der Waals surface area contributed by atoms with Crippen molar-refractivity contribution in [1.29, 1.82) is 0 Å². The number of carbonyl (C=O) groups excluding carboxylic acids is 1. The molecule has 0 atom stereocenters. The van der Waals surface area contributed by atoms with E-state index < -0.39 is 16.9 Å². The molecular formula is C12H19N3O3. The van der Waals surface area contributed by atoms with E-state index in [-0.39, 0.29) is 11.6 Å². The molecule has 1 heterocycles. The molecule has 1 aromatic heterocycles. The first-order chi connectivity index (χ1) is 8.08. The zero-order valence-corrected chi connectivity index (χ0v) is 11.3. The lowest BCUT2D eigenvalue weighted by molar-refractivity contribution is -0.150. The number of carbonyl (C=O) groups is 2. The summed E-state index contributed by atoms with van der Waals surface area (Å²) in [5, 5.41) is 15.9. The van der Waals surface area contributed by atoms with Crippen molar-refractivity contribution >= 4 is 11.9 Å². The minimum Gasteiger partial charge on any atom is -0.481 e. The molecule has 0 unspecified atom stereocenters. The number of aliphatic carboxylic acids is 1. The zero-order valence-electron chi connectivity index (χ0n) is 11.3. The quantitative estimate of drug-likeness (QED) is 0.839. The minimum atomic E-state index is -1.09. The fraction of sp³-hybridized carbons (Fsp3) is 0.583. The fourth-order valence-electron chi connectivity index (χ4n) is 1.31. The summed E-state index contributed by atoms with van der Waals surface area (Å²) < 4.78 is 1.52. The predicted octanol–water partition coefficient (Wildman–Crippen LogP) is 1.04. The van der Waals surface area contributed by atoms with Crippen molar-refractivity contribution in [3.8, 4) is 0 Å². The Labute approximate surface area is 106 Å². The van der Waals surface area contributed by atoms with Crippen molar-refractivity contribution < 1.29 is 14.7 Å². The fourth-order valence-corrected chi connectivity index (χ4v) is 1.31. The Morgan fingerprint density at radius 2 is 1.89 bits per heavy atom. The zero-order chi connectivity index (χ0) is 14.1. The SMILES string of the molecule is Cn1ccc(C(=O)NC(C)(C)C(C)(C)C(=O)O)n1. The van der Waals surface area contributed by atoms with Crippen LogP contribution in [0.4, 0.5) is 0 Å². The smallest absolute Gasteiger partial charge is 0.311 e. The molecule has 0 aliphatic carbocycles. The number of amides is 1. The monoisotopic (exact) mass is 253 g/mol. The molecule has 0 radical (unpaired) electrons. The first-order valence-electron chi connectivity index (χ1n) is 5.63. The van der Waals surface area contributed by atoms with Crippen LogP contribution in [0.25, 0.3) is 0 Å². The van der Waals surface area contributed by atoms with Gasteiger partial charge in [0.15, 0.2) is 0 Å². The molecule has 100 valence electrons. The maximum Gasteiger partial charge on any atom is 0.311 e. The number of nitrogens with one attached hydrogen (secondary N) is 1. The number of nitrogens with zero attached hydrogens (tertiary/aromatic N) is 2. The third kappa shape index (κ3) is 2.52. The van der Waals surface area contributed by atoms with E-state index >= 15 is 0 Å². The number of aryl methyl sites for hydroxylation is 1. The number of aromatic nitrogens is 2. The normalized spacial score (nSPS) is 12.3. The molecule has 0 saturated heterocycles. The molecular weight excluding hydrogens is 234 g/mol. The van der Waals surface area contributed by atoms with Crippen LogP contribution in [0.1, 0.15) is 38.2 Å². The maximum absolute atomic E-state index is 12.0. The molecule has 6 nitrogen and oxygen atoms in total. The van der Waals surface area contributed by atoms with E-state index in [9.17, 15) is 14.7 Å². The molecule has 0 spiro atoms. The average molecular weight is 253 g/mol. The Bertz CT molecular complexity index is 475. The van der Waals surface area contributed by atoms with Gasteiger partial charge in [0.25, 0.3) is 5.91 Å². The van der Waals surface area contributed by atoms with Gasteiger partial charge in [-0.25, -0.2) is 0 Å². The Kier molecular flexibility index (Phi) is 3.50. The van der Waals surface area contributed by atoms with Crippen molar-refractivity contribution in [1.82, 2.24) is 15.1 Å². The number of carboxylic acid groups (broad SMARTS) is 1. The number of carboxylic acids is 1. The molecule has 0 aliphatic rings. The van der Waals surface area contributed by atoms with Gasteiger partial charge in [-0.2, -0.15) is 5.10 Å². The Balaban J connectivity index is 2.90. The summed E-state index contributed by atoms with van der Waals surface area (Å²) in [7, 11) is 1.71. The van der Waals surface area contributed by atoms with Gasteiger partial charge in [0.2, 0.25) is 0 Å². The molecule has 2 N–H and O–H groups in total. The maximum atomic E-state index is 12.0. The lowest BCUT2D eigenvalue weighted by atomic mass is 9.74. The van der Waals surface area contributed by atoms with Gasteiger partial charge in [-0.05, 0) is 33.8 Å². The van der Waals surface area contributed by atoms with E-state index in [2.05, 4.69) is 10.4 Å². The second-order valence-electron chi connectivity index (χ2n) is 5.38. The summed E-state index contributed by atoms with van der Waals surface area (Å²) in [4.78, 5) is 23.2. The van der Waals surface area contributed by atoms with E-state index in [0.29, 0.717) is 0 Å². The van der Waals surface area contributed by atoms with Gasteiger partial charge in [-0.15, -0.1) is 0 Å². The minimum absolute atomic E-state index is 0.270. The Hall–Kier alpha value is -1.85. The highest BCUT2D eigenvalue weighted by atomic mass is 16.4. The van der Waals surface area contributed by atoms with Gasteiger partial charge in [0, 0.05) is 13.2 Å². The van der Waals surface area contributed by atoms with Gasteiger partial charge < -0.3 is 10.4 Å². The van der Waals surface area contributed by atoms with Crippen LogP contribution in [0.5, 0.6) is 0 Å². The number of hydrogen-bond acceptors (Lipinski definition) is 3. The molecule has 1 amide bonds. The molecule has 1 rings (SSSR count). The first kappa shape index (κ1) is 14.2.